The van der Waals surface area contributed by atoms with Gasteiger partial charge in [0.1, 0.15) is 0 Å². The van der Waals surface area contributed by atoms with E-state index in [0.29, 0.717) is 18.5 Å². The summed E-state index contributed by atoms with van der Waals surface area (Å²) >= 11 is 0. The van der Waals surface area contributed by atoms with Crippen LogP contribution in [0.5, 0.6) is 0 Å². The predicted octanol–water partition coefficient (Wildman–Crippen LogP) is 3.57. The number of methoxy groups -OCH3 is 1. The normalized spacial score (nSPS) is 20.7. The second-order valence-electron chi connectivity index (χ2n) is 8.06. The Bertz CT molecular complexity index is 978. The predicted molar refractivity (Wildman–Crippen MR) is 113 cm³/mol. The lowest BCUT2D eigenvalue weighted by Gasteiger charge is -2.25. The zero-order valence-electron chi connectivity index (χ0n) is 17.3. The van der Waals surface area contributed by atoms with Gasteiger partial charge >= 0.3 is 0 Å². The maximum absolute atomic E-state index is 9.94. The molecule has 3 aromatic heterocycles. The minimum Gasteiger partial charge on any atom is -0.393 e. The van der Waals surface area contributed by atoms with E-state index in [1.54, 1.807) is 7.11 Å². The molecule has 0 spiro atoms. The van der Waals surface area contributed by atoms with E-state index in [1.807, 2.05) is 36.1 Å². The molecule has 3 heterocycles. The molecule has 1 atom stereocenters. The molecule has 0 saturated heterocycles. The molecule has 7 nitrogen and oxygen atoms in total. The fourth-order valence-electron chi connectivity index (χ4n) is 4.22. The lowest BCUT2D eigenvalue weighted by atomic mass is 9.85. The van der Waals surface area contributed by atoms with Crippen molar-refractivity contribution in [3.63, 3.8) is 0 Å². The van der Waals surface area contributed by atoms with E-state index in [1.165, 1.54) is 11.3 Å². The van der Waals surface area contributed by atoms with Crippen molar-refractivity contribution in [3.05, 3.63) is 42.0 Å². The third-order valence-corrected chi connectivity index (χ3v) is 5.78. The molecule has 1 aliphatic rings. The number of aliphatic hydroxyl groups excluding tert-OH is 1. The minimum atomic E-state index is -0.181. The standard InChI is InChI=1S/C22H29N5O2/c1-14-8-9-23-11-19(14)18-10-20(16-4-6-17(28)7-5-16)27-21(18)12-24-22(26-27)25-15(2)13-29-3/h8-12,15-17,28H,4-7,13H2,1-3H3,(H,25,26)/t15-,16-,17-/m0/s1. The summed E-state index contributed by atoms with van der Waals surface area (Å²) in [4.78, 5) is 8.88. The highest BCUT2D eigenvalue weighted by molar-refractivity contribution is 5.82. The second-order valence-corrected chi connectivity index (χ2v) is 8.06. The van der Waals surface area contributed by atoms with Gasteiger partial charge in [0.15, 0.2) is 0 Å². The highest BCUT2D eigenvalue weighted by Gasteiger charge is 2.26. The lowest BCUT2D eigenvalue weighted by Crippen LogP contribution is -2.23. The maximum Gasteiger partial charge on any atom is 0.241 e. The van der Waals surface area contributed by atoms with E-state index in [2.05, 4.69) is 28.3 Å². The van der Waals surface area contributed by atoms with Gasteiger partial charge in [-0.1, -0.05) is 0 Å². The Balaban J connectivity index is 1.79. The molecule has 1 saturated carbocycles. The van der Waals surface area contributed by atoms with E-state index in [0.717, 1.165) is 42.3 Å². The number of nitrogens with zero attached hydrogens (tertiary/aromatic N) is 4. The summed E-state index contributed by atoms with van der Waals surface area (Å²) in [5.74, 6) is 0.958. The van der Waals surface area contributed by atoms with Crippen molar-refractivity contribution in [2.45, 2.75) is 57.6 Å². The Hall–Kier alpha value is -2.51. The molecule has 0 radical (unpaired) electrons. The van der Waals surface area contributed by atoms with Gasteiger partial charge in [-0.05, 0) is 57.2 Å². The van der Waals surface area contributed by atoms with Crippen LogP contribution in [0.15, 0.2) is 30.7 Å². The molecule has 7 heteroatoms. The van der Waals surface area contributed by atoms with Gasteiger partial charge < -0.3 is 15.2 Å². The topological polar surface area (TPSA) is 84.6 Å². The van der Waals surface area contributed by atoms with Gasteiger partial charge in [-0.2, -0.15) is 0 Å². The van der Waals surface area contributed by atoms with Crippen LogP contribution >= 0.6 is 0 Å². The molecule has 0 bridgehead atoms. The average molecular weight is 396 g/mol. The molecule has 0 amide bonds. The zero-order valence-corrected chi connectivity index (χ0v) is 17.3. The average Bonchev–Trinajstić information content (AvgIpc) is 3.08. The molecule has 1 aliphatic carbocycles. The van der Waals surface area contributed by atoms with Crippen molar-refractivity contribution in [3.8, 4) is 11.1 Å². The maximum atomic E-state index is 9.94. The van der Waals surface area contributed by atoms with Crippen molar-refractivity contribution in [2.75, 3.05) is 19.0 Å². The molecule has 0 unspecified atom stereocenters. The van der Waals surface area contributed by atoms with E-state index < -0.39 is 0 Å². The monoisotopic (exact) mass is 395 g/mol. The number of rotatable bonds is 6. The molecule has 1 fully saturated rings. The number of hydrogen-bond acceptors (Lipinski definition) is 6. The highest BCUT2D eigenvalue weighted by atomic mass is 16.5. The fourth-order valence-corrected chi connectivity index (χ4v) is 4.22. The number of aryl methyl sites for hydroxylation is 1. The van der Waals surface area contributed by atoms with Gasteiger partial charge in [-0.3, -0.25) is 4.98 Å². The Kier molecular flexibility index (Phi) is 5.78. The van der Waals surface area contributed by atoms with Crippen LogP contribution in [0.25, 0.3) is 16.6 Å². The SMILES string of the molecule is COC[C@H](C)Nc1ncc2c(-c3cnccc3C)cc([C@H]3CC[C@H](O)CC3)n2n1. The van der Waals surface area contributed by atoms with Gasteiger partial charge in [0.2, 0.25) is 5.95 Å². The summed E-state index contributed by atoms with van der Waals surface area (Å²) in [5, 5.41) is 18.1. The van der Waals surface area contributed by atoms with Crippen LogP contribution in [0, 0.1) is 6.92 Å². The molecule has 29 heavy (non-hydrogen) atoms. The van der Waals surface area contributed by atoms with E-state index in [4.69, 9.17) is 9.84 Å². The second kappa shape index (κ2) is 8.47. The van der Waals surface area contributed by atoms with Gasteiger partial charge in [0.05, 0.1) is 24.4 Å². The van der Waals surface area contributed by atoms with Crippen LogP contribution in [0.2, 0.25) is 0 Å². The first-order valence-corrected chi connectivity index (χ1v) is 10.3. The van der Waals surface area contributed by atoms with Gasteiger partial charge in [0, 0.05) is 48.3 Å². The third kappa shape index (κ3) is 4.11. The van der Waals surface area contributed by atoms with Crippen LogP contribution in [-0.4, -0.2) is 50.6 Å². The van der Waals surface area contributed by atoms with E-state index >= 15 is 0 Å². The number of nitrogens with one attached hydrogen (secondary N) is 1. The third-order valence-electron chi connectivity index (χ3n) is 5.78. The summed E-state index contributed by atoms with van der Waals surface area (Å²) < 4.78 is 7.24. The number of fused-ring (bicyclic) bond motifs is 1. The van der Waals surface area contributed by atoms with Crippen LogP contribution in [0.1, 0.15) is 49.8 Å². The Morgan fingerprint density at radius 1 is 1.24 bits per heavy atom. The van der Waals surface area contributed by atoms with Crippen molar-refractivity contribution in [1.29, 1.82) is 0 Å². The Morgan fingerprint density at radius 2 is 2.03 bits per heavy atom. The number of pyridine rings is 1. The van der Waals surface area contributed by atoms with Gasteiger partial charge in [0.25, 0.3) is 0 Å². The fraction of sp³-hybridized carbons (Fsp3) is 0.500. The largest absolute Gasteiger partial charge is 0.393 e. The van der Waals surface area contributed by atoms with Crippen molar-refractivity contribution < 1.29 is 9.84 Å². The quantitative estimate of drug-likeness (QED) is 0.664. The van der Waals surface area contributed by atoms with E-state index in [-0.39, 0.29) is 12.1 Å². The van der Waals surface area contributed by atoms with Crippen molar-refractivity contribution >= 4 is 11.5 Å². The van der Waals surface area contributed by atoms with Crippen LogP contribution in [0.4, 0.5) is 5.95 Å². The molecule has 4 rings (SSSR count). The molecule has 3 aromatic rings. The minimum absolute atomic E-state index is 0.112. The van der Waals surface area contributed by atoms with Crippen molar-refractivity contribution in [1.82, 2.24) is 19.6 Å². The molecule has 0 aliphatic heterocycles. The molecule has 2 N–H and O–H groups in total. The molecular formula is C22H29N5O2. The number of hydrogen-bond donors (Lipinski definition) is 2. The Morgan fingerprint density at radius 3 is 2.76 bits per heavy atom. The number of aliphatic hydroxyl groups is 1. The summed E-state index contributed by atoms with van der Waals surface area (Å²) in [6, 6.07) is 4.37. The number of ether oxygens (including phenoxy) is 1. The first-order valence-electron chi connectivity index (χ1n) is 10.3. The number of aromatic nitrogens is 4. The molecule has 154 valence electrons. The summed E-state index contributed by atoms with van der Waals surface area (Å²) in [6.07, 6.45) is 9.02. The zero-order chi connectivity index (χ0) is 20.4. The summed E-state index contributed by atoms with van der Waals surface area (Å²) in [7, 11) is 1.69. The van der Waals surface area contributed by atoms with E-state index in [9.17, 15) is 5.11 Å². The summed E-state index contributed by atoms with van der Waals surface area (Å²) in [6.45, 7) is 4.72. The van der Waals surface area contributed by atoms with Gasteiger partial charge in [-0.15, -0.1) is 5.10 Å². The first-order chi connectivity index (χ1) is 14.1. The smallest absolute Gasteiger partial charge is 0.241 e. The molecule has 0 aromatic carbocycles. The van der Waals surface area contributed by atoms with Gasteiger partial charge in [-0.25, -0.2) is 9.50 Å². The van der Waals surface area contributed by atoms with Crippen LogP contribution in [-0.2, 0) is 4.74 Å². The summed E-state index contributed by atoms with van der Waals surface area (Å²) in [5.41, 5.74) is 5.54. The van der Waals surface area contributed by atoms with Crippen LogP contribution < -0.4 is 5.32 Å². The van der Waals surface area contributed by atoms with Crippen LogP contribution in [0.3, 0.4) is 0 Å². The first kappa shape index (κ1) is 19.8. The number of anilines is 1. The highest BCUT2D eigenvalue weighted by Crippen LogP contribution is 2.38. The Labute approximate surface area is 171 Å². The molecular weight excluding hydrogens is 366 g/mol. The van der Waals surface area contributed by atoms with Crippen molar-refractivity contribution in [2.24, 2.45) is 0 Å². The lowest BCUT2D eigenvalue weighted by molar-refractivity contribution is 0.121.